The molecule has 1 rings (SSSR count). The Morgan fingerprint density at radius 1 is 1.29 bits per heavy atom. The summed E-state index contributed by atoms with van der Waals surface area (Å²) in [7, 11) is 0. The summed E-state index contributed by atoms with van der Waals surface area (Å²) in [5, 5.41) is 19.3. The summed E-state index contributed by atoms with van der Waals surface area (Å²) in [6.45, 7) is -0.645. The van der Waals surface area contributed by atoms with Gasteiger partial charge in [0.15, 0.2) is 0 Å². The molecule has 0 bridgehead atoms. The van der Waals surface area contributed by atoms with Gasteiger partial charge in [-0.15, -0.1) is 0 Å². The van der Waals surface area contributed by atoms with Gasteiger partial charge in [0.25, 0.3) is 0 Å². The quantitative estimate of drug-likeness (QED) is 0.713. The van der Waals surface area contributed by atoms with E-state index in [0.29, 0.717) is 6.07 Å². The molecule has 0 fully saturated rings. The second-order valence-corrected chi connectivity index (χ2v) is 3.21. The van der Waals surface area contributed by atoms with Gasteiger partial charge in [-0.25, -0.2) is 8.78 Å². The lowest BCUT2D eigenvalue weighted by Crippen LogP contribution is -2.33. The fourth-order valence-electron chi connectivity index (χ4n) is 1.26. The molecule has 1 unspecified atom stereocenters. The smallest absolute Gasteiger partial charge is 0.325 e. The highest BCUT2D eigenvalue weighted by atomic mass is 19.1. The van der Waals surface area contributed by atoms with Gasteiger partial charge in [0, 0.05) is 11.6 Å². The number of carboxylic acid groups (broad SMARTS) is 2. The second-order valence-electron chi connectivity index (χ2n) is 3.21. The molecule has 3 N–H and O–H groups in total. The summed E-state index contributed by atoms with van der Waals surface area (Å²) < 4.78 is 25.9. The van der Waals surface area contributed by atoms with Crippen molar-refractivity contribution in [3.05, 3.63) is 35.4 Å². The van der Waals surface area contributed by atoms with Crippen molar-refractivity contribution in [2.24, 2.45) is 0 Å². The minimum atomic E-state index is -1.54. The number of hydrogen-bond donors (Lipinski definition) is 3. The van der Waals surface area contributed by atoms with Crippen LogP contribution in [-0.4, -0.2) is 28.7 Å². The molecule has 0 aliphatic carbocycles. The SMILES string of the molecule is O=C(O)CNC(C(=O)O)c1ccc(F)cc1F. The van der Waals surface area contributed by atoms with Crippen LogP contribution in [0.15, 0.2) is 18.2 Å². The van der Waals surface area contributed by atoms with Crippen LogP contribution in [0, 0.1) is 11.6 Å². The standard InChI is InChI=1S/C10H9F2NO4/c11-5-1-2-6(7(12)3-5)9(10(16)17)13-4-8(14)15/h1-3,9,13H,4H2,(H,14,15)(H,16,17). The number of aliphatic carboxylic acids is 2. The number of carboxylic acids is 2. The number of halogens is 2. The average molecular weight is 245 g/mol. The molecule has 92 valence electrons. The van der Waals surface area contributed by atoms with Gasteiger partial charge in [-0.1, -0.05) is 6.07 Å². The molecule has 0 amide bonds. The Bertz CT molecular complexity index is 450. The van der Waals surface area contributed by atoms with Crippen molar-refractivity contribution in [3.63, 3.8) is 0 Å². The third kappa shape index (κ3) is 3.49. The van der Waals surface area contributed by atoms with Crippen LogP contribution in [0.2, 0.25) is 0 Å². The molecule has 0 aliphatic rings. The first kappa shape index (κ1) is 13.0. The maximum Gasteiger partial charge on any atom is 0.325 e. The number of carbonyl (C=O) groups is 2. The van der Waals surface area contributed by atoms with Gasteiger partial charge in [0.2, 0.25) is 0 Å². The van der Waals surface area contributed by atoms with Crippen LogP contribution < -0.4 is 5.32 Å². The largest absolute Gasteiger partial charge is 0.480 e. The predicted molar refractivity (Wildman–Crippen MR) is 52.4 cm³/mol. The molecule has 0 radical (unpaired) electrons. The van der Waals surface area contributed by atoms with Gasteiger partial charge in [0.05, 0.1) is 6.54 Å². The molecule has 7 heteroatoms. The molecular formula is C10H9F2NO4. The normalized spacial score (nSPS) is 12.1. The Labute approximate surface area is 94.7 Å². The lowest BCUT2D eigenvalue weighted by atomic mass is 10.1. The number of nitrogens with one attached hydrogen (secondary N) is 1. The van der Waals surface area contributed by atoms with Gasteiger partial charge in [0.1, 0.15) is 17.7 Å². The van der Waals surface area contributed by atoms with Crippen molar-refractivity contribution in [2.45, 2.75) is 6.04 Å². The Kier molecular flexibility index (Phi) is 4.11. The zero-order chi connectivity index (χ0) is 13.0. The summed E-state index contributed by atoms with van der Waals surface area (Å²) in [5.41, 5.74) is -0.319. The van der Waals surface area contributed by atoms with Gasteiger partial charge < -0.3 is 10.2 Å². The molecule has 0 saturated carbocycles. The molecule has 0 aromatic heterocycles. The van der Waals surface area contributed by atoms with Crippen LogP contribution in [0.5, 0.6) is 0 Å². The molecular weight excluding hydrogens is 236 g/mol. The highest BCUT2D eigenvalue weighted by molar-refractivity contribution is 5.77. The summed E-state index contributed by atoms with van der Waals surface area (Å²) in [5.74, 6) is -4.61. The van der Waals surface area contributed by atoms with E-state index in [-0.39, 0.29) is 5.56 Å². The molecule has 1 atom stereocenters. The minimum Gasteiger partial charge on any atom is -0.480 e. The van der Waals surface area contributed by atoms with Gasteiger partial charge in [-0.3, -0.25) is 14.9 Å². The Hall–Kier alpha value is -2.02. The van der Waals surface area contributed by atoms with Crippen molar-refractivity contribution < 1.29 is 28.6 Å². The van der Waals surface area contributed by atoms with Gasteiger partial charge >= 0.3 is 11.9 Å². The fraction of sp³-hybridized carbons (Fsp3) is 0.200. The number of hydrogen-bond acceptors (Lipinski definition) is 3. The van der Waals surface area contributed by atoms with Gasteiger partial charge in [-0.2, -0.15) is 0 Å². The van der Waals surface area contributed by atoms with Crippen molar-refractivity contribution in [1.82, 2.24) is 5.32 Å². The van der Waals surface area contributed by atoms with Crippen molar-refractivity contribution in [2.75, 3.05) is 6.54 Å². The molecule has 0 aliphatic heterocycles. The van der Waals surface area contributed by atoms with Crippen LogP contribution in [0.25, 0.3) is 0 Å². The fourth-order valence-corrected chi connectivity index (χ4v) is 1.26. The summed E-state index contributed by atoms with van der Waals surface area (Å²) in [4.78, 5) is 21.1. The summed E-state index contributed by atoms with van der Waals surface area (Å²) in [6.07, 6.45) is 0. The molecule has 1 aromatic rings. The molecule has 17 heavy (non-hydrogen) atoms. The van der Waals surface area contributed by atoms with E-state index in [1.54, 1.807) is 0 Å². The first-order valence-electron chi connectivity index (χ1n) is 4.54. The first-order chi connectivity index (χ1) is 7.91. The van der Waals surface area contributed by atoms with Crippen LogP contribution in [0.1, 0.15) is 11.6 Å². The van der Waals surface area contributed by atoms with E-state index >= 15 is 0 Å². The third-order valence-electron chi connectivity index (χ3n) is 1.98. The monoisotopic (exact) mass is 245 g/mol. The van der Waals surface area contributed by atoms with Crippen LogP contribution in [0.4, 0.5) is 8.78 Å². The van der Waals surface area contributed by atoms with E-state index in [0.717, 1.165) is 12.1 Å². The summed E-state index contributed by atoms with van der Waals surface area (Å²) in [6, 6.07) is 0.856. The Balaban J connectivity index is 2.97. The van der Waals surface area contributed by atoms with E-state index in [1.807, 2.05) is 0 Å². The minimum absolute atomic E-state index is 0.319. The second kappa shape index (κ2) is 5.35. The van der Waals surface area contributed by atoms with Crippen LogP contribution >= 0.6 is 0 Å². The highest BCUT2D eigenvalue weighted by Crippen LogP contribution is 2.18. The molecule has 1 aromatic carbocycles. The summed E-state index contributed by atoms with van der Waals surface area (Å²) >= 11 is 0. The predicted octanol–water partition coefficient (Wildman–Crippen LogP) is 0.765. The zero-order valence-corrected chi connectivity index (χ0v) is 8.48. The van der Waals surface area contributed by atoms with E-state index in [4.69, 9.17) is 10.2 Å². The maximum atomic E-state index is 13.3. The molecule has 0 heterocycles. The topological polar surface area (TPSA) is 86.6 Å². The number of rotatable bonds is 5. The Morgan fingerprint density at radius 2 is 1.94 bits per heavy atom. The van der Waals surface area contributed by atoms with Crippen LogP contribution in [-0.2, 0) is 9.59 Å². The Morgan fingerprint density at radius 3 is 2.41 bits per heavy atom. The average Bonchev–Trinajstić information content (AvgIpc) is 2.20. The molecule has 0 spiro atoms. The van der Waals surface area contributed by atoms with Crippen molar-refractivity contribution in [3.8, 4) is 0 Å². The lowest BCUT2D eigenvalue weighted by molar-refractivity contribution is -0.140. The van der Waals surface area contributed by atoms with E-state index < -0.39 is 36.2 Å². The first-order valence-corrected chi connectivity index (χ1v) is 4.54. The van der Waals surface area contributed by atoms with Gasteiger partial charge in [-0.05, 0) is 6.07 Å². The molecule has 0 saturated heterocycles. The van der Waals surface area contributed by atoms with E-state index in [1.165, 1.54) is 0 Å². The zero-order valence-electron chi connectivity index (χ0n) is 8.48. The number of benzene rings is 1. The third-order valence-corrected chi connectivity index (χ3v) is 1.98. The van der Waals surface area contributed by atoms with E-state index in [2.05, 4.69) is 5.32 Å². The molecule has 5 nitrogen and oxygen atoms in total. The van der Waals surface area contributed by atoms with Crippen LogP contribution in [0.3, 0.4) is 0 Å². The maximum absolute atomic E-state index is 13.3. The van der Waals surface area contributed by atoms with E-state index in [9.17, 15) is 18.4 Å². The van der Waals surface area contributed by atoms with Crippen molar-refractivity contribution >= 4 is 11.9 Å². The highest BCUT2D eigenvalue weighted by Gasteiger charge is 2.23. The van der Waals surface area contributed by atoms with Crippen molar-refractivity contribution in [1.29, 1.82) is 0 Å². The lowest BCUT2D eigenvalue weighted by Gasteiger charge is -2.14.